The van der Waals surface area contributed by atoms with Gasteiger partial charge >= 0.3 is 0 Å². The van der Waals surface area contributed by atoms with E-state index in [9.17, 15) is 5.11 Å². The molecule has 2 atom stereocenters. The lowest BCUT2D eigenvalue weighted by Crippen LogP contribution is -2.39. The maximum atomic E-state index is 9.62. The van der Waals surface area contributed by atoms with Crippen LogP contribution in [-0.2, 0) is 6.54 Å². The molecular formula is C17H21N5O. The second kappa shape index (κ2) is 7.89. The van der Waals surface area contributed by atoms with Crippen molar-refractivity contribution in [2.75, 3.05) is 6.61 Å². The van der Waals surface area contributed by atoms with Crippen LogP contribution in [-0.4, -0.2) is 37.7 Å². The van der Waals surface area contributed by atoms with Crippen molar-refractivity contribution >= 4 is 0 Å². The number of hydrogen-bond acceptors (Lipinski definition) is 6. The van der Waals surface area contributed by atoms with E-state index in [-0.39, 0.29) is 12.6 Å². The highest BCUT2D eigenvalue weighted by molar-refractivity contribution is 5.50. The summed E-state index contributed by atoms with van der Waals surface area (Å²) in [5.74, 6) is 1.11. The molecule has 2 aromatic heterocycles. The fourth-order valence-corrected chi connectivity index (χ4v) is 2.82. The fraction of sp³-hybridized carbons (Fsp3) is 0.412. The van der Waals surface area contributed by atoms with Gasteiger partial charge in [-0.2, -0.15) is 0 Å². The maximum absolute atomic E-state index is 9.62. The third kappa shape index (κ3) is 4.18. The van der Waals surface area contributed by atoms with Gasteiger partial charge < -0.3 is 10.4 Å². The highest BCUT2D eigenvalue weighted by atomic mass is 16.3. The van der Waals surface area contributed by atoms with Crippen molar-refractivity contribution in [1.82, 2.24) is 25.3 Å². The molecule has 1 aliphatic rings. The molecule has 1 aliphatic carbocycles. The molecule has 23 heavy (non-hydrogen) atoms. The normalized spacial score (nSPS) is 18.7. The number of allylic oxidation sites excluding steroid dienone is 2. The SMILES string of the molecule is OCC(NCc1cnc(-c2cncnc2)nc1)C1CC=CCC1. The first kappa shape index (κ1) is 15.7. The van der Waals surface area contributed by atoms with Crippen molar-refractivity contribution in [3.05, 3.63) is 48.8 Å². The molecule has 3 rings (SSSR count). The number of hydrogen-bond donors (Lipinski definition) is 2. The molecule has 0 bridgehead atoms. The van der Waals surface area contributed by atoms with E-state index in [4.69, 9.17) is 0 Å². The summed E-state index contributed by atoms with van der Waals surface area (Å²) in [6.45, 7) is 0.801. The van der Waals surface area contributed by atoms with Crippen LogP contribution in [0.5, 0.6) is 0 Å². The van der Waals surface area contributed by atoms with Crippen LogP contribution in [0.3, 0.4) is 0 Å². The van der Waals surface area contributed by atoms with Gasteiger partial charge in [0.25, 0.3) is 0 Å². The molecule has 0 aromatic carbocycles. The van der Waals surface area contributed by atoms with E-state index in [2.05, 4.69) is 37.4 Å². The fourth-order valence-electron chi connectivity index (χ4n) is 2.82. The molecule has 0 saturated heterocycles. The number of rotatable bonds is 6. The molecule has 2 aromatic rings. The molecular weight excluding hydrogens is 290 g/mol. The number of nitrogens with one attached hydrogen (secondary N) is 1. The van der Waals surface area contributed by atoms with Crippen molar-refractivity contribution in [3.63, 3.8) is 0 Å². The summed E-state index contributed by atoms with van der Waals surface area (Å²) in [5, 5.41) is 13.0. The largest absolute Gasteiger partial charge is 0.395 e. The van der Waals surface area contributed by atoms with E-state index < -0.39 is 0 Å². The lowest BCUT2D eigenvalue weighted by atomic mass is 9.88. The second-order valence-electron chi connectivity index (χ2n) is 5.76. The second-order valence-corrected chi connectivity index (χ2v) is 5.76. The molecule has 0 fully saturated rings. The zero-order valence-electron chi connectivity index (χ0n) is 13.0. The first-order chi connectivity index (χ1) is 11.4. The standard InChI is InChI=1S/C17H21N5O/c23-11-16(14-4-2-1-3-5-14)20-6-13-7-21-17(22-8-13)15-9-18-12-19-10-15/h1-2,7-10,12,14,16,20,23H,3-6,11H2. The Bertz CT molecular complexity index is 629. The van der Waals surface area contributed by atoms with Crippen LogP contribution in [0.25, 0.3) is 11.4 Å². The highest BCUT2D eigenvalue weighted by Crippen LogP contribution is 2.22. The predicted octanol–water partition coefficient (Wildman–Crippen LogP) is 1.74. The quantitative estimate of drug-likeness (QED) is 0.791. The molecule has 6 nitrogen and oxygen atoms in total. The molecule has 2 N–H and O–H groups in total. The highest BCUT2D eigenvalue weighted by Gasteiger charge is 2.20. The van der Waals surface area contributed by atoms with Crippen molar-refractivity contribution in [3.8, 4) is 11.4 Å². The average Bonchev–Trinajstić information content (AvgIpc) is 2.64. The average molecular weight is 311 g/mol. The Labute approximate surface area is 135 Å². The monoisotopic (exact) mass is 311 g/mol. The van der Waals surface area contributed by atoms with Crippen molar-refractivity contribution in [2.45, 2.75) is 31.8 Å². The molecule has 2 heterocycles. The van der Waals surface area contributed by atoms with Gasteiger partial charge in [0, 0.05) is 42.9 Å². The van der Waals surface area contributed by atoms with Gasteiger partial charge in [0.1, 0.15) is 6.33 Å². The van der Waals surface area contributed by atoms with Gasteiger partial charge in [-0.3, -0.25) is 0 Å². The Morgan fingerprint density at radius 2 is 1.91 bits per heavy atom. The molecule has 2 unspecified atom stereocenters. The van der Waals surface area contributed by atoms with E-state index in [0.29, 0.717) is 18.3 Å². The summed E-state index contributed by atoms with van der Waals surface area (Å²) in [7, 11) is 0. The van der Waals surface area contributed by atoms with E-state index in [1.54, 1.807) is 24.8 Å². The Hall–Kier alpha value is -2.18. The van der Waals surface area contributed by atoms with Crippen molar-refractivity contribution in [2.24, 2.45) is 5.92 Å². The van der Waals surface area contributed by atoms with Crippen LogP contribution in [0.2, 0.25) is 0 Å². The number of aliphatic hydroxyl groups excluding tert-OH is 1. The lowest BCUT2D eigenvalue weighted by Gasteiger charge is -2.27. The molecule has 120 valence electrons. The minimum atomic E-state index is 0.113. The summed E-state index contributed by atoms with van der Waals surface area (Å²) in [4.78, 5) is 16.7. The minimum absolute atomic E-state index is 0.113. The van der Waals surface area contributed by atoms with Gasteiger partial charge in [-0.25, -0.2) is 19.9 Å². The number of aromatic nitrogens is 4. The zero-order chi connectivity index (χ0) is 15.9. The van der Waals surface area contributed by atoms with E-state index in [0.717, 1.165) is 30.4 Å². The molecule has 0 amide bonds. The van der Waals surface area contributed by atoms with Crippen LogP contribution in [0.4, 0.5) is 0 Å². The van der Waals surface area contributed by atoms with Crippen LogP contribution < -0.4 is 5.32 Å². The van der Waals surface area contributed by atoms with Gasteiger partial charge in [-0.1, -0.05) is 12.2 Å². The van der Waals surface area contributed by atoms with Gasteiger partial charge in [0.15, 0.2) is 5.82 Å². The van der Waals surface area contributed by atoms with Crippen molar-refractivity contribution in [1.29, 1.82) is 0 Å². The number of nitrogens with zero attached hydrogens (tertiary/aromatic N) is 4. The molecule has 0 aliphatic heterocycles. The smallest absolute Gasteiger partial charge is 0.162 e. The van der Waals surface area contributed by atoms with Crippen LogP contribution in [0.15, 0.2) is 43.3 Å². The zero-order valence-corrected chi connectivity index (χ0v) is 13.0. The molecule has 0 radical (unpaired) electrons. The molecule has 6 heteroatoms. The Morgan fingerprint density at radius 1 is 1.13 bits per heavy atom. The Balaban J connectivity index is 1.58. The Morgan fingerprint density at radius 3 is 2.57 bits per heavy atom. The van der Waals surface area contributed by atoms with E-state index >= 15 is 0 Å². The van der Waals surface area contributed by atoms with Crippen molar-refractivity contribution < 1.29 is 5.11 Å². The topological polar surface area (TPSA) is 83.8 Å². The Kier molecular flexibility index (Phi) is 5.39. The summed E-state index contributed by atoms with van der Waals surface area (Å²) in [6, 6.07) is 0.113. The summed E-state index contributed by atoms with van der Waals surface area (Å²) in [6.07, 6.45) is 16.1. The van der Waals surface area contributed by atoms with Crippen LogP contribution >= 0.6 is 0 Å². The lowest BCUT2D eigenvalue weighted by molar-refractivity contribution is 0.190. The van der Waals surface area contributed by atoms with Crippen LogP contribution in [0, 0.1) is 5.92 Å². The minimum Gasteiger partial charge on any atom is -0.395 e. The number of aliphatic hydroxyl groups is 1. The third-order valence-corrected chi connectivity index (χ3v) is 4.17. The molecule has 0 spiro atoms. The van der Waals surface area contributed by atoms with Gasteiger partial charge in [-0.05, 0) is 25.2 Å². The van der Waals surface area contributed by atoms with Gasteiger partial charge in [-0.15, -0.1) is 0 Å². The van der Waals surface area contributed by atoms with E-state index in [1.807, 2.05) is 0 Å². The van der Waals surface area contributed by atoms with Gasteiger partial charge in [0.05, 0.1) is 12.2 Å². The maximum Gasteiger partial charge on any atom is 0.162 e. The predicted molar refractivity (Wildman–Crippen MR) is 87.3 cm³/mol. The third-order valence-electron chi connectivity index (χ3n) is 4.17. The first-order valence-electron chi connectivity index (χ1n) is 7.92. The summed E-state index contributed by atoms with van der Waals surface area (Å²) < 4.78 is 0. The first-order valence-corrected chi connectivity index (χ1v) is 7.92. The van der Waals surface area contributed by atoms with E-state index in [1.165, 1.54) is 6.33 Å². The molecule has 0 saturated carbocycles. The summed E-state index contributed by atoms with van der Waals surface area (Å²) in [5.41, 5.74) is 1.80. The van der Waals surface area contributed by atoms with Crippen LogP contribution in [0.1, 0.15) is 24.8 Å². The van der Waals surface area contributed by atoms with Gasteiger partial charge in [0.2, 0.25) is 0 Å². The summed E-state index contributed by atoms with van der Waals surface area (Å²) >= 11 is 0.